The molecule has 3 atom stereocenters. The van der Waals surface area contributed by atoms with E-state index in [-0.39, 0.29) is 17.8 Å². The summed E-state index contributed by atoms with van der Waals surface area (Å²) in [7, 11) is 1.66. The number of fused-ring (bicyclic) bond motifs is 1. The number of aliphatic imine (C=N–C) groups is 1. The van der Waals surface area contributed by atoms with Gasteiger partial charge in [0.1, 0.15) is 22.7 Å². The Morgan fingerprint density at radius 3 is 3.15 bits per heavy atom. The highest BCUT2D eigenvalue weighted by Gasteiger charge is 2.49. The zero-order chi connectivity index (χ0) is 18.3. The second-order valence-electron chi connectivity index (χ2n) is 6.44. The molecule has 138 valence electrons. The number of nitrogens with two attached hydrogens (primary N) is 1. The first-order valence-electron chi connectivity index (χ1n) is 8.19. The third-order valence-electron chi connectivity index (χ3n) is 4.65. The quantitative estimate of drug-likeness (QED) is 0.804. The maximum Gasteiger partial charge on any atom is 0.294 e. The molecule has 0 spiro atoms. The molecule has 3 N–H and O–H groups in total. The van der Waals surface area contributed by atoms with Crippen LogP contribution >= 0.6 is 23.1 Å². The van der Waals surface area contributed by atoms with E-state index in [4.69, 9.17) is 15.5 Å². The fourth-order valence-corrected chi connectivity index (χ4v) is 5.26. The molecular weight excluding hydrogens is 374 g/mol. The Morgan fingerprint density at radius 2 is 2.38 bits per heavy atom. The summed E-state index contributed by atoms with van der Waals surface area (Å²) in [6.07, 6.45) is 2.44. The number of carbonyl (C=O) groups excluding carboxylic acids is 1. The molecule has 2 aromatic rings. The van der Waals surface area contributed by atoms with Gasteiger partial charge in [-0.1, -0.05) is 11.8 Å². The molecule has 1 unspecified atom stereocenters. The van der Waals surface area contributed by atoms with Crippen molar-refractivity contribution in [2.75, 3.05) is 17.7 Å². The topological polar surface area (TPSA) is 120 Å². The second kappa shape index (κ2) is 6.63. The van der Waals surface area contributed by atoms with Crippen molar-refractivity contribution in [3.05, 3.63) is 22.5 Å². The van der Waals surface area contributed by atoms with Gasteiger partial charge in [0.05, 0.1) is 12.7 Å². The van der Waals surface area contributed by atoms with E-state index >= 15 is 0 Å². The molecule has 11 heteroatoms. The summed E-state index contributed by atoms with van der Waals surface area (Å²) in [6.45, 7) is 2.52. The number of hydrogen-bond acceptors (Lipinski definition) is 9. The van der Waals surface area contributed by atoms with Gasteiger partial charge >= 0.3 is 0 Å². The molecule has 1 saturated heterocycles. The summed E-state index contributed by atoms with van der Waals surface area (Å²) in [5.41, 5.74) is 5.44. The molecule has 2 aromatic heterocycles. The number of thiazole rings is 1. The molecule has 2 aliphatic rings. The molecule has 1 amide bonds. The van der Waals surface area contributed by atoms with Crippen LogP contribution in [0.2, 0.25) is 0 Å². The van der Waals surface area contributed by atoms with E-state index in [2.05, 4.69) is 27.3 Å². The number of rotatable bonds is 3. The number of amides is 1. The van der Waals surface area contributed by atoms with Crippen LogP contribution in [0.1, 0.15) is 29.0 Å². The molecule has 0 saturated carbocycles. The number of amidine groups is 1. The summed E-state index contributed by atoms with van der Waals surface area (Å²) < 4.78 is 7.32. The second-order valence-corrected chi connectivity index (χ2v) is 8.34. The molecule has 0 bridgehead atoms. The number of hydrogen-bond donors (Lipinski definition) is 2. The Hall–Kier alpha value is -1.98. The van der Waals surface area contributed by atoms with Crippen molar-refractivity contribution in [2.24, 2.45) is 23.7 Å². The van der Waals surface area contributed by atoms with Crippen molar-refractivity contribution in [3.63, 3.8) is 0 Å². The maximum atomic E-state index is 12.3. The highest BCUT2D eigenvalue weighted by Crippen LogP contribution is 2.46. The van der Waals surface area contributed by atoms with Crippen LogP contribution in [-0.2, 0) is 17.3 Å². The van der Waals surface area contributed by atoms with E-state index in [9.17, 15) is 4.79 Å². The van der Waals surface area contributed by atoms with Crippen molar-refractivity contribution >= 4 is 40.0 Å². The number of nitrogens with one attached hydrogen (secondary N) is 1. The minimum Gasteiger partial charge on any atom is -0.379 e. The summed E-state index contributed by atoms with van der Waals surface area (Å²) in [5, 5.41) is 9.84. The zero-order valence-electron chi connectivity index (χ0n) is 14.4. The van der Waals surface area contributed by atoms with Crippen LogP contribution in [0.4, 0.5) is 5.82 Å². The van der Waals surface area contributed by atoms with Gasteiger partial charge in [-0.25, -0.2) is 19.6 Å². The van der Waals surface area contributed by atoms with Crippen LogP contribution in [0.25, 0.3) is 0 Å². The van der Waals surface area contributed by atoms with E-state index in [0.717, 1.165) is 17.2 Å². The third kappa shape index (κ3) is 2.99. The Morgan fingerprint density at radius 1 is 1.54 bits per heavy atom. The largest absolute Gasteiger partial charge is 0.379 e. The van der Waals surface area contributed by atoms with Crippen molar-refractivity contribution in [1.29, 1.82) is 0 Å². The number of aromatic nitrogens is 4. The van der Waals surface area contributed by atoms with Gasteiger partial charge in [-0.3, -0.25) is 4.79 Å². The fraction of sp³-hybridized carbons (Fsp3) is 0.533. The third-order valence-corrected chi connectivity index (χ3v) is 6.62. The Labute approximate surface area is 158 Å². The Kier molecular flexibility index (Phi) is 4.45. The monoisotopic (exact) mass is 393 g/mol. The maximum absolute atomic E-state index is 12.3. The molecule has 4 heterocycles. The molecule has 0 radical (unpaired) electrons. The molecule has 26 heavy (non-hydrogen) atoms. The number of aryl methyl sites for hydroxylation is 1. The van der Waals surface area contributed by atoms with Crippen LogP contribution in [0.3, 0.4) is 0 Å². The molecule has 2 aliphatic heterocycles. The van der Waals surface area contributed by atoms with Crippen molar-refractivity contribution in [3.8, 4) is 0 Å². The Balaban J connectivity index is 1.61. The molecule has 1 fully saturated rings. The minimum atomic E-state index is -0.569. The first-order chi connectivity index (χ1) is 12.5. The summed E-state index contributed by atoms with van der Waals surface area (Å²) in [4.78, 5) is 25.6. The number of carbonyl (C=O) groups is 1. The number of anilines is 1. The van der Waals surface area contributed by atoms with Gasteiger partial charge in [0.25, 0.3) is 5.91 Å². The van der Waals surface area contributed by atoms with Crippen molar-refractivity contribution < 1.29 is 9.53 Å². The van der Waals surface area contributed by atoms with Gasteiger partial charge in [-0.2, -0.15) is 5.10 Å². The van der Waals surface area contributed by atoms with Gasteiger partial charge < -0.3 is 15.8 Å². The highest BCUT2D eigenvalue weighted by molar-refractivity contribution is 8.13. The average molecular weight is 393 g/mol. The van der Waals surface area contributed by atoms with E-state index in [0.29, 0.717) is 23.5 Å². The van der Waals surface area contributed by atoms with Crippen LogP contribution < -0.4 is 11.1 Å². The average Bonchev–Trinajstić information content (AvgIpc) is 3.24. The van der Waals surface area contributed by atoms with Gasteiger partial charge in [-0.05, 0) is 13.3 Å². The van der Waals surface area contributed by atoms with E-state index in [1.807, 2.05) is 0 Å². The minimum absolute atomic E-state index is 0.193. The molecule has 0 aliphatic carbocycles. The van der Waals surface area contributed by atoms with Crippen LogP contribution in [0.5, 0.6) is 0 Å². The predicted molar refractivity (Wildman–Crippen MR) is 100 cm³/mol. The molecule has 9 nitrogen and oxygen atoms in total. The van der Waals surface area contributed by atoms with Gasteiger partial charge in [0, 0.05) is 24.1 Å². The van der Waals surface area contributed by atoms with Gasteiger partial charge in [0.2, 0.25) is 5.82 Å². The molecule has 0 aromatic carbocycles. The summed E-state index contributed by atoms with van der Waals surface area (Å²) in [5.74, 6) is 1.53. The van der Waals surface area contributed by atoms with Crippen molar-refractivity contribution in [1.82, 2.24) is 19.7 Å². The first-order valence-corrected chi connectivity index (χ1v) is 10.1. The lowest BCUT2D eigenvalue weighted by Gasteiger charge is -2.44. The zero-order valence-corrected chi connectivity index (χ0v) is 16.0. The van der Waals surface area contributed by atoms with Crippen LogP contribution in [0.15, 0.2) is 16.7 Å². The number of thioether (sulfide) groups is 1. The number of ether oxygens (including phenoxy) is 1. The van der Waals surface area contributed by atoms with E-state index in [1.165, 1.54) is 22.3 Å². The molecule has 4 rings (SSSR count). The lowest BCUT2D eigenvalue weighted by Crippen LogP contribution is -2.49. The highest BCUT2D eigenvalue weighted by atomic mass is 32.2. The van der Waals surface area contributed by atoms with E-state index < -0.39 is 5.54 Å². The fourth-order valence-electron chi connectivity index (χ4n) is 3.28. The molecular formula is C15H19N7O2S2. The summed E-state index contributed by atoms with van der Waals surface area (Å²) in [6, 6.07) is 0. The Bertz CT molecular complexity index is 864. The SMILES string of the molecule is C[C@H]1C[C@H]2CSC(N)=NC2(c2nc(NC(=O)c3ncnn3C)cs2)CO1. The van der Waals surface area contributed by atoms with Gasteiger partial charge in [0.15, 0.2) is 5.17 Å². The summed E-state index contributed by atoms with van der Waals surface area (Å²) >= 11 is 3.04. The van der Waals surface area contributed by atoms with Crippen LogP contribution in [-0.4, -0.2) is 49.3 Å². The van der Waals surface area contributed by atoms with Crippen LogP contribution in [0, 0.1) is 5.92 Å². The normalized spacial score (nSPS) is 28.3. The standard InChI is InChI=1S/C15H19N7O2S2/c1-8-3-9-4-26-14(16)21-15(9,6-24-8)13-20-10(5-25-13)19-12(23)11-17-7-18-22(11)2/h5,7-9H,3-4,6H2,1-2H3,(H2,16,21)(H,19,23)/t8-,9-,15?/m0/s1. The lowest BCUT2D eigenvalue weighted by atomic mass is 9.80. The first kappa shape index (κ1) is 17.4. The number of nitrogens with zero attached hydrogens (tertiary/aromatic N) is 5. The van der Waals surface area contributed by atoms with E-state index in [1.54, 1.807) is 24.2 Å². The van der Waals surface area contributed by atoms with Crippen molar-refractivity contribution in [2.45, 2.75) is 25.0 Å². The smallest absolute Gasteiger partial charge is 0.294 e. The predicted octanol–water partition coefficient (Wildman–Crippen LogP) is 1.21. The van der Waals surface area contributed by atoms with Gasteiger partial charge in [-0.15, -0.1) is 11.3 Å². The lowest BCUT2D eigenvalue weighted by molar-refractivity contribution is -0.0466.